The van der Waals surface area contributed by atoms with Crippen LogP contribution >= 0.6 is 12.4 Å². The van der Waals surface area contributed by atoms with Crippen LogP contribution in [0.3, 0.4) is 0 Å². The zero-order valence-corrected chi connectivity index (χ0v) is 19.8. The first-order chi connectivity index (χ1) is 14.9. The Morgan fingerprint density at radius 3 is 1.56 bits per heavy atom. The van der Waals surface area contributed by atoms with Crippen molar-refractivity contribution in [1.82, 2.24) is 10.9 Å². The highest BCUT2D eigenvalue weighted by molar-refractivity contribution is 6.02. The van der Waals surface area contributed by atoms with Gasteiger partial charge in [0.1, 0.15) is 0 Å². The molecule has 0 aromatic heterocycles. The Kier molecular flexibility index (Phi) is 8.78. The predicted octanol–water partition coefficient (Wildman–Crippen LogP) is 2.98. The third kappa shape index (κ3) is 5.85. The van der Waals surface area contributed by atoms with Gasteiger partial charge in [0.2, 0.25) is 11.9 Å². The van der Waals surface area contributed by atoms with Crippen molar-refractivity contribution in [3.05, 3.63) is 58.7 Å². The molecular weight excluding hydrogens is 424 g/mol. The van der Waals surface area contributed by atoms with Crippen LogP contribution in [0, 0.1) is 0 Å². The number of nitrogens with two attached hydrogens (primary N) is 2. The third-order valence-electron chi connectivity index (χ3n) is 5.05. The molecule has 0 amide bonds. The molecule has 0 saturated heterocycles. The van der Waals surface area contributed by atoms with Crippen molar-refractivity contribution in [1.29, 1.82) is 0 Å². The largest absolute Gasteiger partial charge is 0.369 e. The van der Waals surface area contributed by atoms with Crippen molar-refractivity contribution in [2.45, 2.75) is 34.1 Å². The van der Waals surface area contributed by atoms with Crippen LogP contribution in [-0.4, -0.2) is 36.4 Å². The lowest BCUT2D eigenvalue weighted by atomic mass is 10.0. The summed E-state index contributed by atoms with van der Waals surface area (Å²) < 4.78 is 0. The van der Waals surface area contributed by atoms with Crippen LogP contribution < -0.4 is 22.3 Å². The summed E-state index contributed by atoms with van der Waals surface area (Å²) in [7, 11) is 0. The molecule has 2 aromatic carbocycles. The lowest BCUT2D eigenvalue weighted by Crippen LogP contribution is -2.28. The molecule has 1 aliphatic carbocycles. The van der Waals surface area contributed by atoms with Crippen molar-refractivity contribution in [3.8, 4) is 11.1 Å². The molecule has 0 radical (unpaired) electrons. The molecule has 0 aliphatic heterocycles. The van der Waals surface area contributed by atoms with Gasteiger partial charge in [-0.2, -0.15) is 10.2 Å². The summed E-state index contributed by atoms with van der Waals surface area (Å²) in [4.78, 5) is 8.16. The Hall–Kier alpha value is -3.39. The average Bonchev–Trinajstić information content (AvgIpc) is 3.13. The van der Waals surface area contributed by atoms with Crippen LogP contribution in [0.4, 0.5) is 0 Å². The number of halogens is 1. The number of hydrogen-bond donors (Lipinski definition) is 4. The lowest BCUT2D eigenvalue weighted by molar-refractivity contribution is 0.973. The number of aliphatic imine (C=N–C) groups is 2. The Morgan fingerprint density at radius 1 is 0.781 bits per heavy atom. The first-order valence-electron chi connectivity index (χ1n) is 10.4. The Bertz CT molecular complexity index is 1000. The molecule has 0 saturated carbocycles. The molecule has 32 heavy (non-hydrogen) atoms. The molecule has 170 valence electrons. The first kappa shape index (κ1) is 24.9. The number of nitrogens with one attached hydrogen (secondary N) is 2. The molecule has 9 heteroatoms. The van der Waals surface area contributed by atoms with E-state index < -0.39 is 0 Å². The van der Waals surface area contributed by atoms with E-state index in [2.05, 4.69) is 67.4 Å². The van der Waals surface area contributed by atoms with E-state index in [0.717, 1.165) is 29.0 Å². The van der Waals surface area contributed by atoms with E-state index in [1.165, 1.54) is 22.3 Å². The summed E-state index contributed by atoms with van der Waals surface area (Å²) in [5.74, 6) is 0.634. The van der Waals surface area contributed by atoms with Gasteiger partial charge >= 0.3 is 0 Å². The maximum absolute atomic E-state index is 5.75. The fourth-order valence-electron chi connectivity index (χ4n) is 3.48. The molecule has 0 unspecified atom stereocenters. The van der Waals surface area contributed by atoms with E-state index in [0.29, 0.717) is 25.0 Å². The van der Waals surface area contributed by atoms with Crippen LogP contribution in [-0.2, 0) is 6.42 Å². The highest BCUT2D eigenvalue weighted by Crippen LogP contribution is 2.37. The standard InChI is InChI=1S/C23H30N8.ClH/c1-5-26-22(24)30-28-14(3)16-7-9-20-18(11-16)13-19-12-17(8-10-21(19)20)15(4)29-31-23(25)27-6-2;/h7-12H,5-6,13H2,1-4H3,(H3,24,26,30)(H3,25,27,31);1H/b28-14+,29-15+;. The topological polar surface area (TPSA) is 126 Å². The minimum atomic E-state index is 0. The molecule has 1 aliphatic rings. The van der Waals surface area contributed by atoms with E-state index in [-0.39, 0.29) is 12.4 Å². The minimum absolute atomic E-state index is 0. The lowest BCUT2D eigenvalue weighted by Gasteiger charge is -2.07. The van der Waals surface area contributed by atoms with Gasteiger partial charge in [-0.1, -0.05) is 24.3 Å². The van der Waals surface area contributed by atoms with E-state index in [4.69, 9.17) is 11.5 Å². The zero-order chi connectivity index (χ0) is 22.4. The van der Waals surface area contributed by atoms with Crippen molar-refractivity contribution in [2.75, 3.05) is 13.1 Å². The monoisotopic (exact) mass is 454 g/mol. The van der Waals surface area contributed by atoms with E-state index >= 15 is 0 Å². The molecule has 0 fully saturated rings. The van der Waals surface area contributed by atoms with Crippen molar-refractivity contribution in [2.24, 2.45) is 31.7 Å². The second-order valence-corrected chi connectivity index (χ2v) is 7.26. The number of benzene rings is 2. The second-order valence-electron chi connectivity index (χ2n) is 7.26. The van der Waals surface area contributed by atoms with Crippen molar-refractivity contribution < 1.29 is 0 Å². The second kappa shape index (κ2) is 11.3. The van der Waals surface area contributed by atoms with E-state index in [1.54, 1.807) is 0 Å². The molecule has 2 aromatic rings. The van der Waals surface area contributed by atoms with Crippen molar-refractivity contribution in [3.63, 3.8) is 0 Å². The Balaban J connectivity index is 0.00000363. The predicted molar refractivity (Wildman–Crippen MR) is 137 cm³/mol. The summed E-state index contributed by atoms with van der Waals surface area (Å²) in [6.07, 6.45) is 0.868. The minimum Gasteiger partial charge on any atom is -0.369 e. The Morgan fingerprint density at radius 2 is 1.19 bits per heavy atom. The van der Waals surface area contributed by atoms with Gasteiger partial charge in [-0.3, -0.25) is 9.98 Å². The maximum atomic E-state index is 5.75. The van der Waals surface area contributed by atoms with Crippen molar-refractivity contribution >= 4 is 35.7 Å². The van der Waals surface area contributed by atoms with Gasteiger partial charge in [0.15, 0.2) is 0 Å². The summed E-state index contributed by atoms with van der Waals surface area (Å²) >= 11 is 0. The molecule has 8 nitrogen and oxygen atoms in total. The molecule has 0 atom stereocenters. The normalized spacial score (nSPS) is 13.9. The van der Waals surface area contributed by atoms with Gasteiger partial charge in [-0.15, -0.1) is 12.4 Å². The molecule has 0 heterocycles. The van der Waals surface area contributed by atoms with E-state index in [1.807, 2.05) is 27.7 Å². The van der Waals surface area contributed by atoms with E-state index in [9.17, 15) is 0 Å². The quantitative estimate of drug-likeness (QED) is 0.259. The number of hydrazone groups is 2. The molecule has 0 bridgehead atoms. The van der Waals surface area contributed by atoms with Gasteiger partial charge in [-0.05, 0) is 79.6 Å². The van der Waals surface area contributed by atoms with Crippen LogP contribution in [0.25, 0.3) is 11.1 Å². The summed E-state index contributed by atoms with van der Waals surface area (Å²) in [5, 5.41) is 8.68. The van der Waals surface area contributed by atoms with Gasteiger partial charge in [0.25, 0.3) is 0 Å². The third-order valence-corrected chi connectivity index (χ3v) is 5.05. The van der Waals surface area contributed by atoms with Crippen LogP contribution in [0.2, 0.25) is 0 Å². The maximum Gasteiger partial charge on any atom is 0.209 e. The molecule has 0 spiro atoms. The number of rotatable bonds is 6. The zero-order valence-electron chi connectivity index (χ0n) is 18.9. The smallest absolute Gasteiger partial charge is 0.209 e. The first-order valence-corrected chi connectivity index (χ1v) is 10.4. The fourth-order valence-corrected chi connectivity index (χ4v) is 3.48. The fraction of sp³-hybridized carbons (Fsp3) is 0.304. The summed E-state index contributed by atoms with van der Waals surface area (Å²) in [6.45, 7) is 8.99. The number of guanidine groups is 2. The van der Waals surface area contributed by atoms with Gasteiger partial charge in [-0.25, -0.2) is 10.9 Å². The van der Waals surface area contributed by atoms with Crippen LogP contribution in [0.15, 0.2) is 56.6 Å². The number of fused-ring (bicyclic) bond motifs is 3. The highest BCUT2D eigenvalue weighted by Gasteiger charge is 2.20. The average molecular weight is 455 g/mol. The summed E-state index contributed by atoms with van der Waals surface area (Å²) in [6, 6.07) is 12.9. The van der Waals surface area contributed by atoms with Crippen LogP contribution in [0.1, 0.15) is 49.9 Å². The SMILES string of the molecule is CCN=C(N)N/N=C(\C)c1ccc2c(c1)Cc1cc(/C(C)=N/NC(N)=NCC)ccc1-2.Cl. The Labute approximate surface area is 195 Å². The molecular formula is C23H31ClN8. The highest BCUT2D eigenvalue weighted by atomic mass is 35.5. The van der Waals surface area contributed by atoms with Gasteiger partial charge in [0.05, 0.1) is 11.4 Å². The summed E-state index contributed by atoms with van der Waals surface area (Å²) in [5.41, 5.74) is 26.0. The van der Waals surface area contributed by atoms with Gasteiger partial charge < -0.3 is 11.5 Å². The number of hydrogen-bond acceptors (Lipinski definition) is 4. The van der Waals surface area contributed by atoms with Crippen LogP contribution in [0.5, 0.6) is 0 Å². The molecule has 3 rings (SSSR count). The van der Waals surface area contributed by atoms with Gasteiger partial charge in [0, 0.05) is 13.1 Å². The molecule has 6 N–H and O–H groups in total. The number of nitrogens with zero attached hydrogens (tertiary/aromatic N) is 4.